The Morgan fingerprint density at radius 3 is 3.00 bits per heavy atom. The van der Waals surface area contributed by atoms with Gasteiger partial charge in [0.2, 0.25) is 5.91 Å². The van der Waals surface area contributed by atoms with Crippen molar-refractivity contribution in [2.24, 2.45) is 0 Å². The van der Waals surface area contributed by atoms with E-state index in [9.17, 15) is 9.59 Å². The zero-order chi connectivity index (χ0) is 19.5. The Balaban J connectivity index is 1.33. The molecule has 0 bridgehead atoms. The van der Waals surface area contributed by atoms with Crippen molar-refractivity contribution in [1.82, 2.24) is 25.0 Å². The monoisotopic (exact) mass is 382 g/mol. The van der Waals surface area contributed by atoms with Crippen LogP contribution >= 0.6 is 0 Å². The molecule has 0 spiro atoms. The maximum atomic E-state index is 12.4. The predicted octanol–water partition coefficient (Wildman–Crippen LogP) is 2.24. The minimum absolute atomic E-state index is 0.0522. The van der Waals surface area contributed by atoms with Gasteiger partial charge in [0.15, 0.2) is 0 Å². The molecule has 3 heterocycles. The third kappa shape index (κ3) is 4.16. The fourth-order valence-electron chi connectivity index (χ4n) is 3.93. The van der Waals surface area contributed by atoms with Crippen LogP contribution in [0.2, 0.25) is 0 Å². The van der Waals surface area contributed by atoms with E-state index in [1.807, 2.05) is 36.1 Å². The second-order valence-electron chi connectivity index (χ2n) is 7.58. The van der Waals surface area contributed by atoms with E-state index >= 15 is 0 Å². The number of nitrogens with zero attached hydrogens (tertiary/aromatic N) is 4. The van der Waals surface area contributed by atoms with Crippen molar-refractivity contribution in [2.75, 3.05) is 11.9 Å². The number of benzene rings is 1. The second kappa shape index (κ2) is 8.00. The van der Waals surface area contributed by atoms with Gasteiger partial charge in [0.25, 0.3) is 0 Å². The van der Waals surface area contributed by atoms with E-state index in [-0.39, 0.29) is 18.0 Å². The molecule has 1 fully saturated rings. The molecule has 1 aromatic carbocycles. The molecule has 2 aromatic rings. The molecular weight excluding hydrogens is 356 g/mol. The number of nitrogens with one attached hydrogen (secondary N) is 2. The van der Waals surface area contributed by atoms with E-state index in [1.54, 1.807) is 0 Å². The Hall–Kier alpha value is -2.90. The average Bonchev–Trinajstić information content (AvgIpc) is 3.04. The van der Waals surface area contributed by atoms with Gasteiger partial charge < -0.3 is 20.1 Å². The fraction of sp³-hybridized carbons (Fsp3) is 0.500. The molecule has 1 unspecified atom stereocenters. The number of likely N-dealkylation sites (tertiary alicyclic amines) is 1. The smallest absolute Gasteiger partial charge is 0.319 e. The number of fused-ring (bicyclic) bond motifs is 1. The Labute approximate surface area is 164 Å². The van der Waals surface area contributed by atoms with Crippen LogP contribution in [0.5, 0.6) is 0 Å². The number of aryl methyl sites for hydroxylation is 2. The van der Waals surface area contributed by atoms with E-state index in [1.165, 1.54) is 0 Å². The standard InChI is InChI=1S/C20H26N6O2/c1-14-23-24-18-9-8-17(13-26(14)18)22-20(28)21-16-6-4-5-15(11-16)12-25-10-3-2-7-19(25)27/h4-6,11,17H,2-3,7-10,12-13H2,1H3,(H2,21,22,28). The summed E-state index contributed by atoms with van der Waals surface area (Å²) in [6, 6.07) is 7.53. The van der Waals surface area contributed by atoms with E-state index in [0.29, 0.717) is 19.5 Å². The molecular formula is C20H26N6O2. The molecule has 4 rings (SSSR count). The van der Waals surface area contributed by atoms with E-state index in [0.717, 1.165) is 55.1 Å². The van der Waals surface area contributed by atoms with Crippen LogP contribution < -0.4 is 10.6 Å². The van der Waals surface area contributed by atoms with Gasteiger partial charge in [0.1, 0.15) is 11.6 Å². The second-order valence-corrected chi connectivity index (χ2v) is 7.58. The summed E-state index contributed by atoms with van der Waals surface area (Å²) in [5, 5.41) is 14.2. The van der Waals surface area contributed by atoms with Gasteiger partial charge >= 0.3 is 6.03 Å². The Morgan fingerprint density at radius 2 is 2.14 bits per heavy atom. The number of hydrogen-bond donors (Lipinski definition) is 2. The zero-order valence-electron chi connectivity index (χ0n) is 16.1. The SMILES string of the molecule is Cc1nnc2n1CC(NC(=O)Nc1cccc(CN3CCCCC3=O)c1)CC2. The Bertz CT molecular complexity index is 877. The number of hydrogen-bond acceptors (Lipinski definition) is 4. The minimum Gasteiger partial charge on any atom is -0.338 e. The first-order valence-corrected chi connectivity index (χ1v) is 9.91. The van der Waals surface area contributed by atoms with Crippen molar-refractivity contribution >= 4 is 17.6 Å². The van der Waals surface area contributed by atoms with Crippen LogP contribution in [-0.2, 0) is 24.3 Å². The molecule has 2 aliphatic rings. The molecule has 3 amide bonds. The van der Waals surface area contributed by atoms with Gasteiger partial charge in [-0.1, -0.05) is 12.1 Å². The highest BCUT2D eigenvalue weighted by molar-refractivity contribution is 5.89. The van der Waals surface area contributed by atoms with Crippen molar-refractivity contribution in [3.8, 4) is 0 Å². The van der Waals surface area contributed by atoms with Crippen molar-refractivity contribution in [1.29, 1.82) is 0 Å². The van der Waals surface area contributed by atoms with Crippen LogP contribution in [0.25, 0.3) is 0 Å². The van der Waals surface area contributed by atoms with E-state index in [4.69, 9.17) is 0 Å². The first kappa shape index (κ1) is 18.5. The maximum absolute atomic E-state index is 12.4. The molecule has 8 heteroatoms. The molecule has 28 heavy (non-hydrogen) atoms. The molecule has 148 valence electrons. The summed E-state index contributed by atoms with van der Waals surface area (Å²) in [7, 11) is 0. The van der Waals surface area contributed by atoms with Gasteiger partial charge in [0, 0.05) is 44.2 Å². The summed E-state index contributed by atoms with van der Waals surface area (Å²) >= 11 is 0. The summed E-state index contributed by atoms with van der Waals surface area (Å²) in [4.78, 5) is 26.3. The normalized spacial score (nSPS) is 19.2. The number of amides is 3. The topological polar surface area (TPSA) is 92.2 Å². The highest BCUT2D eigenvalue weighted by Gasteiger charge is 2.23. The van der Waals surface area contributed by atoms with Crippen LogP contribution in [0.15, 0.2) is 24.3 Å². The molecule has 8 nitrogen and oxygen atoms in total. The van der Waals surface area contributed by atoms with Gasteiger partial charge in [-0.25, -0.2) is 4.79 Å². The minimum atomic E-state index is -0.217. The first-order chi connectivity index (χ1) is 13.6. The van der Waals surface area contributed by atoms with E-state index < -0.39 is 0 Å². The van der Waals surface area contributed by atoms with Crippen LogP contribution in [0.4, 0.5) is 10.5 Å². The third-order valence-corrected chi connectivity index (χ3v) is 5.45. The number of aromatic nitrogens is 3. The number of carbonyl (C=O) groups excluding carboxylic acids is 2. The zero-order valence-corrected chi connectivity index (χ0v) is 16.1. The van der Waals surface area contributed by atoms with Crippen LogP contribution in [-0.4, -0.2) is 44.2 Å². The number of urea groups is 1. The molecule has 2 N–H and O–H groups in total. The van der Waals surface area contributed by atoms with Crippen molar-refractivity contribution in [3.05, 3.63) is 41.5 Å². The summed E-state index contributed by atoms with van der Waals surface area (Å²) in [6.45, 7) is 4.02. The maximum Gasteiger partial charge on any atom is 0.319 e. The van der Waals surface area contributed by atoms with Gasteiger partial charge in [-0.15, -0.1) is 10.2 Å². The summed E-state index contributed by atoms with van der Waals surface area (Å²) in [5.41, 5.74) is 1.76. The van der Waals surface area contributed by atoms with E-state index in [2.05, 4.69) is 25.4 Å². The number of carbonyl (C=O) groups is 2. The number of piperidine rings is 1. The largest absolute Gasteiger partial charge is 0.338 e. The van der Waals surface area contributed by atoms with Crippen molar-refractivity contribution in [2.45, 2.75) is 58.2 Å². The summed E-state index contributed by atoms with van der Waals surface area (Å²) in [6.07, 6.45) is 4.33. The van der Waals surface area contributed by atoms with Crippen LogP contribution in [0, 0.1) is 6.92 Å². The summed E-state index contributed by atoms with van der Waals surface area (Å²) in [5.74, 6) is 2.07. The van der Waals surface area contributed by atoms with Gasteiger partial charge in [0.05, 0.1) is 0 Å². The highest BCUT2D eigenvalue weighted by Crippen LogP contribution is 2.18. The van der Waals surface area contributed by atoms with Gasteiger partial charge in [-0.2, -0.15) is 0 Å². The highest BCUT2D eigenvalue weighted by atomic mass is 16.2. The number of rotatable bonds is 4. The lowest BCUT2D eigenvalue weighted by atomic mass is 10.1. The van der Waals surface area contributed by atoms with Gasteiger partial charge in [-0.05, 0) is 43.9 Å². The van der Waals surface area contributed by atoms with Crippen LogP contribution in [0.3, 0.4) is 0 Å². The Kier molecular flexibility index (Phi) is 5.27. The molecule has 1 atom stereocenters. The molecule has 2 aliphatic heterocycles. The van der Waals surface area contributed by atoms with Crippen molar-refractivity contribution in [3.63, 3.8) is 0 Å². The lowest BCUT2D eigenvalue weighted by Gasteiger charge is -2.27. The fourth-order valence-corrected chi connectivity index (χ4v) is 3.93. The van der Waals surface area contributed by atoms with Crippen LogP contribution in [0.1, 0.15) is 42.9 Å². The molecule has 1 saturated heterocycles. The third-order valence-electron chi connectivity index (χ3n) is 5.45. The average molecular weight is 382 g/mol. The molecule has 0 radical (unpaired) electrons. The molecule has 1 aromatic heterocycles. The molecule has 0 aliphatic carbocycles. The van der Waals surface area contributed by atoms with Crippen molar-refractivity contribution < 1.29 is 9.59 Å². The lowest BCUT2D eigenvalue weighted by Crippen LogP contribution is -2.43. The molecule has 0 saturated carbocycles. The first-order valence-electron chi connectivity index (χ1n) is 9.91. The number of anilines is 1. The summed E-state index contributed by atoms with van der Waals surface area (Å²) < 4.78 is 2.06. The van der Waals surface area contributed by atoms with Gasteiger partial charge in [-0.3, -0.25) is 4.79 Å². The predicted molar refractivity (Wildman–Crippen MR) is 105 cm³/mol. The lowest BCUT2D eigenvalue weighted by molar-refractivity contribution is -0.133. The quantitative estimate of drug-likeness (QED) is 0.848. The Morgan fingerprint density at radius 1 is 1.25 bits per heavy atom.